The summed E-state index contributed by atoms with van der Waals surface area (Å²) in [6.45, 7) is 4.69. The Morgan fingerprint density at radius 1 is 1.25 bits per heavy atom. The van der Waals surface area contributed by atoms with Gasteiger partial charge in [-0.1, -0.05) is 23.7 Å². The van der Waals surface area contributed by atoms with Gasteiger partial charge < -0.3 is 5.32 Å². The van der Waals surface area contributed by atoms with Crippen LogP contribution in [0, 0.1) is 13.8 Å². The standard InChI is InChI=1S/C15H15ClN4/c1-10-8-18-20-14(6-11(2)19-15(10)20)17-9-12-4-3-5-13(16)7-12/h3-8,17H,9H2,1-2H3. The van der Waals surface area contributed by atoms with Gasteiger partial charge in [-0.25, -0.2) is 4.98 Å². The Bertz CT molecular complexity index is 764. The van der Waals surface area contributed by atoms with Crippen LogP contribution in [0.15, 0.2) is 36.5 Å². The van der Waals surface area contributed by atoms with Crippen molar-refractivity contribution in [2.75, 3.05) is 5.32 Å². The number of halogens is 1. The monoisotopic (exact) mass is 286 g/mol. The lowest BCUT2D eigenvalue weighted by atomic mass is 10.2. The molecule has 0 atom stereocenters. The van der Waals surface area contributed by atoms with Crippen molar-refractivity contribution >= 4 is 23.1 Å². The molecule has 5 heteroatoms. The minimum atomic E-state index is 0.692. The van der Waals surface area contributed by atoms with E-state index in [9.17, 15) is 0 Å². The van der Waals surface area contributed by atoms with Gasteiger partial charge in [0.05, 0.1) is 6.20 Å². The summed E-state index contributed by atoms with van der Waals surface area (Å²) in [5.74, 6) is 0.931. The van der Waals surface area contributed by atoms with Crippen molar-refractivity contribution in [1.29, 1.82) is 0 Å². The molecule has 0 unspecified atom stereocenters. The highest BCUT2D eigenvalue weighted by molar-refractivity contribution is 6.30. The second kappa shape index (κ2) is 5.13. The Labute approximate surface area is 122 Å². The predicted molar refractivity (Wildman–Crippen MR) is 81.2 cm³/mol. The fourth-order valence-corrected chi connectivity index (χ4v) is 2.37. The minimum Gasteiger partial charge on any atom is -0.366 e. The van der Waals surface area contributed by atoms with Gasteiger partial charge in [0.25, 0.3) is 0 Å². The molecular weight excluding hydrogens is 272 g/mol. The third kappa shape index (κ3) is 2.47. The van der Waals surface area contributed by atoms with Gasteiger partial charge in [0.1, 0.15) is 5.82 Å². The van der Waals surface area contributed by atoms with Crippen LogP contribution in [0.4, 0.5) is 5.82 Å². The number of aromatic nitrogens is 3. The molecule has 1 N–H and O–H groups in total. The molecule has 0 saturated carbocycles. The van der Waals surface area contributed by atoms with E-state index in [0.717, 1.165) is 33.3 Å². The van der Waals surface area contributed by atoms with E-state index in [1.54, 1.807) is 0 Å². The number of nitrogens with one attached hydrogen (secondary N) is 1. The molecule has 20 heavy (non-hydrogen) atoms. The minimum absolute atomic E-state index is 0.692. The van der Waals surface area contributed by atoms with Crippen molar-refractivity contribution in [2.24, 2.45) is 0 Å². The van der Waals surface area contributed by atoms with Gasteiger partial charge in [-0.3, -0.25) is 0 Å². The van der Waals surface area contributed by atoms with Crippen LogP contribution in [0.25, 0.3) is 5.65 Å². The maximum Gasteiger partial charge on any atom is 0.160 e. The second-order valence-electron chi connectivity index (χ2n) is 4.83. The summed E-state index contributed by atoms with van der Waals surface area (Å²) in [6.07, 6.45) is 1.83. The molecule has 0 spiro atoms. The van der Waals surface area contributed by atoms with E-state index < -0.39 is 0 Å². The summed E-state index contributed by atoms with van der Waals surface area (Å²) in [5.41, 5.74) is 4.05. The average Bonchev–Trinajstić information content (AvgIpc) is 2.78. The fourth-order valence-electron chi connectivity index (χ4n) is 2.16. The second-order valence-corrected chi connectivity index (χ2v) is 5.27. The molecule has 0 aliphatic heterocycles. The number of aryl methyl sites for hydroxylation is 2. The molecule has 2 aromatic heterocycles. The van der Waals surface area contributed by atoms with Crippen LogP contribution in [0.2, 0.25) is 5.02 Å². The van der Waals surface area contributed by atoms with Gasteiger partial charge in [-0.05, 0) is 31.5 Å². The molecule has 4 nitrogen and oxygen atoms in total. The summed E-state index contributed by atoms with van der Waals surface area (Å²) in [4.78, 5) is 4.50. The van der Waals surface area contributed by atoms with E-state index in [1.807, 2.05) is 54.9 Å². The lowest BCUT2D eigenvalue weighted by molar-refractivity contribution is 0.917. The zero-order valence-electron chi connectivity index (χ0n) is 11.4. The highest BCUT2D eigenvalue weighted by Crippen LogP contribution is 2.17. The number of rotatable bonds is 3. The Balaban J connectivity index is 1.91. The molecule has 0 radical (unpaired) electrons. The molecule has 0 fully saturated rings. The van der Waals surface area contributed by atoms with Crippen LogP contribution in [-0.4, -0.2) is 14.6 Å². The summed E-state index contributed by atoms with van der Waals surface area (Å²) in [7, 11) is 0. The van der Waals surface area contributed by atoms with Crippen molar-refractivity contribution in [2.45, 2.75) is 20.4 Å². The summed E-state index contributed by atoms with van der Waals surface area (Å²) >= 11 is 5.99. The maximum absolute atomic E-state index is 5.99. The van der Waals surface area contributed by atoms with Crippen molar-refractivity contribution in [3.8, 4) is 0 Å². The molecular formula is C15H15ClN4. The summed E-state index contributed by atoms with van der Waals surface area (Å²) in [5, 5.41) is 8.49. The molecule has 0 aliphatic rings. The number of anilines is 1. The van der Waals surface area contributed by atoms with Crippen molar-refractivity contribution in [3.63, 3.8) is 0 Å². The third-order valence-corrected chi connectivity index (χ3v) is 3.37. The van der Waals surface area contributed by atoms with Crippen LogP contribution in [0.5, 0.6) is 0 Å². The average molecular weight is 287 g/mol. The van der Waals surface area contributed by atoms with Crippen molar-refractivity contribution in [1.82, 2.24) is 14.6 Å². The van der Waals surface area contributed by atoms with Crippen LogP contribution in [0.1, 0.15) is 16.8 Å². The number of hydrogen-bond donors (Lipinski definition) is 1. The molecule has 0 amide bonds. The van der Waals surface area contributed by atoms with Gasteiger partial charge in [-0.15, -0.1) is 0 Å². The van der Waals surface area contributed by atoms with Crippen LogP contribution in [0.3, 0.4) is 0 Å². The number of nitrogens with zero attached hydrogens (tertiary/aromatic N) is 3. The zero-order chi connectivity index (χ0) is 14.1. The number of hydrogen-bond acceptors (Lipinski definition) is 3. The van der Waals surface area contributed by atoms with Crippen LogP contribution < -0.4 is 5.32 Å². The van der Waals surface area contributed by atoms with Crippen LogP contribution in [-0.2, 0) is 6.54 Å². The highest BCUT2D eigenvalue weighted by Gasteiger charge is 2.07. The first-order valence-corrected chi connectivity index (χ1v) is 6.81. The van der Waals surface area contributed by atoms with E-state index in [4.69, 9.17) is 11.6 Å². The molecule has 2 heterocycles. The van der Waals surface area contributed by atoms with E-state index in [1.165, 1.54) is 0 Å². The van der Waals surface area contributed by atoms with Gasteiger partial charge in [0.15, 0.2) is 5.65 Å². The predicted octanol–water partition coefficient (Wildman–Crippen LogP) is 3.61. The maximum atomic E-state index is 5.99. The van der Waals surface area contributed by atoms with E-state index in [0.29, 0.717) is 6.54 Å². The highest BCUT2D eigenvalue weighted by atomic mass is 35.5. The normalized spacial score (nSPS) is 10.9. The Morgan fingerprint density at radius 3 is 2.90 bits per heavy atom. The quantitative estimate of drug-likeness (QED) is 0.800. The first kappa shape index (κ1) is 12.9. The molecule has 102 valence electrons. The molecule has 3 rings (SSSR count). The first-order valence-electron chi connectivity index (χ1n) is 6.44. The number of fused-ring (bicyclic) bond motifs is 1. The van der Waals surface area contributed by atoms with Crippen molar-refractivity contribution < 1.29 is 0 Å². The van der Waals surface area contributed by atoms with E-state index in [-0.39, 0.29) is 0 Å². The fraction of sp³-hybridized carbons (Fsp3) is 0.200. The topological polar surface area (TPSA) is 42.2 Å². The Kier molecular flexibility index (Phi) is 3.32. The van der Waals surface area contributed by atoms with E-state index >= 15 is 0 Å². The molecule has 3 aromatic rings. The van der Waals surface area contributed by atoms with Gasteiger partial charge >= 0.3 is 0 Å². The molecule has 0 saturated heterocycles. The molecule has 0 bridgehead atoms. The lowest BCUT2D eigenvalue weighted by Crippen LogP contribution is -2.06. The lowest BCUT2D eigenvalue weighted by Gasteiger charge is -2.09. The number of benzene rings is 1. The first-order chi connectivity index (χ1) is 9.63. The van der Waals surface area contributed by atoms with Gasteiger partial charge in [0, 0.05) is 28.9 Å². The van der Waals surface area contributed by atoms with E-state index in [2.05, 4.69) is 15.4 Å². The summed E-state index contributed by atoms with van der Waals surface area (Å²) in [6, 6.07) is 9.80. The zero-order valence-corrected chi connectivity index (χ0v) is 12.1. The van der Waals surface area contributed by atoms with Gasteiger partial charge in [-0.2, -0.15) is 9.61 Å². The van der Waals surface area contributed by atoms with Crippen LogP contribution >= 0.6 is 11.6 Å². The third-order valence-electron chi connectivity index (χ3n) is 3.14. The molecule has 0 aliphatic carbocycles. The SMILES string of the molecule is Cc1cc(NCc2cccc(Cl)c2)n2ncc(C)c2n1. The summed E-state index contributed by atoms with van der Waals surface area (Å²) < 4.78 is 1.83. The largest absolute Gasteiger partial charge is 0.366 e. The van der Waals surface area contributed by atoms with Crippen molar-refractivity contribution in [3.05, 3.63) is 58.4 Å². The molecule has 1 aromatic carbocycles. The van der Waals surface area contributed by atoms with Gasteiger partial charge in [0.2, 0.25) is 0 Å². The Morgan fingerprint density at radius 2 is 2.10 bits per heavy atom. The smallest absolute Gasteiger partial charge is 0.160 e. The Hall–Kier alpha value is -2.07.